The van der Waals surface area contributed by atoms with E-state index in [9.17, 15) is 14.4 Å². The highest BCUT2D eigenvalue weighted by Gasteiger charge is 2.43. The maximum atomic E-state index is 13.2. The van der Waals surface area contributed by atoms with Crippen LogP contribution in [0.4, 0.5) is 11.4 Å². The van der Waals surface area contributed by atoms with E-state index < -0.39 is 11.8 Å². The number of hydrogen-bond donors (Lipinski definition) is 0. The summed E-state index contributed by atoms with van der Waals surface area (Å²) in [4.78, 5) is 41.0. The van der Waals surface area contributed by atoms with Gasteiger partial charge in [-0.1, -0.05) is 61.2 Å². The number of amides is 3. The van der Waals surface area contributed by atoms with E-state index in [1.807, 2.05) is 24.3 Å². The molecule has 0 saturated carbocycles. The second-order valence-electron chi connectivity index (χ2n) is 6.41. The Morgan fingerprint density at radius 2 is 1.71 bits per heavy atom. The molecule has 5 nitrogen and oxygen atoms in total. The van der Waals surface area contributed by atoms with E-state index in [1.54, 1.807) is 24.3 Å². The minimum absolute atomic E-state index is 0.232. The first-order valence-corrected chi connectivity index (χ1v) is 10.0. The Morgan fingerprint density at radius 3 is 2.36 bits per heavy atom. The van der Waals surface area contributed by atoms with Crippen LogP contribution < -0.4 is 9.80 Å². The average Bonchev–Trinajstić information content (AvgIpc) is 3.14. The van der Waals surface area contributed by atoms with Gasteiger partial charge in [0, 0.05) is 12.5 Å². The molecule has 2 aliphatic rings. The maximum absolute atomic E-state index is 13.2. The van der Waals surface area contributed by atoms with Gasteiger partial charge in [-0.05, 0) is 30.2 Å². The van der Waals surface area contributed by atoms with Crippen LogP contribution in [0.5, 0.6) is 0 Å². The molecule has 3 amide bonds. The molecule has 2 aromatic rings. The van der Waals surface area contributed by atoms with Gasteiger partial charge in [0.2, 0.25) is 5.91 Å². The molecule has 1 fully saturated rings. The van der Waals surface area contributed by atoms with Crippen LogP contribution in [0.15, 0.2) is 53.4 Å². The van der Waals surface area contributed by atoms with E-state index in [4.69, 9.17) is 12.2 Å². The number of carbonyl (C=O) groups is 3. The quantitative estimate of drug-likeness (QED) is 0.557. The van der Waals surface area contributed by atoms with Crippen molar-refractivity contribution in [2.45, 2.75) is 20.3 Å². The van der Waals surface area contributed by atoms with Crippen LogP contribution in [0.2, 0.25) is 0 Å². The first-order chi connectivity index (χ1) is 13.4. The van der Waals surface area contributed by atoms with Crippen molar-refractivity contribution in [3.05, 3.63) is 64.6 Å². The molecule has 2 aliphatic heterocycles. The number of carbonyl (C=O) groups excluding carboxylic acids is 3. The Morgan fingerprint density at radius 1 is 1.04 bits per heavy atom. The van der Waals surface area contributed by atoms with Gasteiger partial charge in [-0.2, -0.15) is 0 Å². The summed E-state index contributed by atoms with van der Waals surface area (Å²) in [5, 5.41) is 0. The average molecular weight is 409 g/mol. The Balaban J connectivity index is 1.82. The van der Waals surface area contributed by atoms with Gasteiger partial charge in [0.25, 0.3) is 11.8 Å². The molecule has 0 N–H and O–H groups in total. The van der Waals surface area contributed by atoms with E-state index >= 15 is 0 Å². The third-order valence-corrected chi connectivity index (χ3v) is 6.12. The lowest BCUT2D eigenvalue weighted by atomic mass is 10.1. The summed E-state index contributed by atoms with van der Waals surface area (Å²) < 4.78 is 0.364. The fraction of sp³-hybridized carbons (Fsp3) is 0.143. The summed E-state index contributed by atoms with van der Waals surface area (Å²) in [6, 6.07) is 14.6. The van der Waals surface area contributed by atoms with Crippen LogP contribution in [0.25, 0.3) is 5.57 Å². The van der Waals surface area contributed by atoms with E-state index in [2.05, 4.69) is 6.92 Å². The van der Waals surface area contributed by atoms with Crippen LogP contribution >= 0.6 is 24.0 Å². The highest BCUT2D eigenvalue weighted by atomic mass is 32.2. The molecule has 28 heavy (non-hydrogen) atoms. The number of aryl methyl sites for hydroxylation is 1. The first-order valence-electron chi connectivity index (χ1n) is 8.78. The zero-order valence-corrected chi connectivity index (χ0v) is 16.9. The maximum Gasteiger partial charge on any atom is 0.271 e. The van der Waals surface area contributed by atoms with E-state index in [0.29, 0.717) is 21.3 Å². The van der Waals surface area contributed by atoms with Crippen LogP contribution in [0.3, 0.4) is 0 Å². The lowest BCUT2D eigenvalue weighted by Gasteiger charge is -2.15. The number of para-hydroxylation sites is 1. The summed E-state index contributed by atoms with van der Waals surface area (Å²) in [7, 11) is 0. The number of thioether (sulfide) groups is 1. The molecule has 0 atom stereocenters. The normalized spacial score (nSPS) is 18.9. The summed E-state index contributed by atoms with van der Waals surface area (Å²) in [5.41, 5.74) is 3.12. The molecule has 4 rings (SSSR count). The third kappa shape index (κ3) is 2.78. The van der Waals surface area contributed by atoms with Gasteiger partial charge >= 0.3 is 0 Å². The van der Waals surface area contributed by atoms with Gasteiger partial charge < -0.3 is 0 Å². The molecule has 0 spiro atoms. The zero-order valence-electron chi connectivity index (χ0n) is 15.3. The molecule has 7 heteroatoms. The molecule has 2 aromatic carbocycles. The van der Waals surface area contributed by atoms with Crippen molar-refractivity contribution < 1.29 is 14.4 Å². The van der Waals surface area contributed by atoms with Gasteiger partial charge in [-0.15, -0.1) is 0 Å². The van der Waals surface area contributed by atoms with E-state index in [1.165, 1.54) is 11.8 Å². The molecule has 1 saturated heterocycles. The minimum atomic E-state index is -0.490. The lowest BCUT2D eigenvalue weighted by molar-refractivity contribution is -0.122. The number of imide groups is 1. The standard InChI is InChI=1S/C21H16N2O3S2/c1-3-13-8-10-14(11-9-13)23-20(26)18(28-21(23)27)17-15-6-4-5-7-16(15)22(12(2)24)19(17)25/h4-11H,3H2,1-2H3/b18-17-. The molecule has 140 valence electrons. The van der Waals surface area contributed by atoms with Crippen LogP contribution in [-0.2, 0) is 20.8 Å². The molecule has 0 bridgehead atoms. The Bertz CT molecular complexity index is 1070. The van der Waals surface area contributed by atoms with Crippen molar-refractivity contribution in [3.8, 4) is 0 Å². The number of thiocarbonyl (C=S) groups is 1. The second-order valence-corrected chi connectivity index (χ2v) is 8.05. The fourth-order valence-electron chi connectivity index (χ4n) is 3.37. The third-order valence-electron chi connectivity index (χ3n) is 4.75. The van der Waals surface area contributed by atoms with Crippen LogP contribution in [0, 0.1) is 0 Å². The monoisotopic (exact) mass is 408 g/mol. The van der Waals surface area contributed by atoms with Gasteiger partial charge in [0.15, 0.2) is 4.32 Å². The van der Waals surface area contributed by atoms with Gasteiger partial charge in [-0.3, -0.25) is 19.3 Å². The number of hydrogen-bond acceptors (Lipinski definition) is 5. The number of nitrogens with zero attached hydrogens (tertiary/aromatic N) is 2. The smallest absolute Gasteiger partial charge is 0.271 e. The molecular weight excluding hydrogens is 392 g/mol. The fourth-order valence-corrected chi connectivity index (χ4v) is 4.74. The predicted octanol–water partition coefficient (Wildman–Crippen LogP) is 3.92. The molecule has 2 heterocycles. The lowest BCUT2D eigenvalue weighted by Crippen LogP contribution is -2.32. The summed E-state index contributed by atoms with van der Waals surface area (Å²) in [6.07, 6.45) is 0.898. The highest BCUT2D eigenvalue weighted by Crippen LogP contribution is 2.45. The van der Waals surface area contributed by atoms with Crippen LogP contribution in [0.1, 0.15) is 25.0 Å². The highest BCUT2D eigenvalue weighted by molar-refractivity contribution is 8.27. The van der Waals surface area contributed by atoms with Gasteiger partial charge in [0.1, 0.15) is 0 Å². The van der Waals surface area contributed by atoms with Crippen LogP contribution in [-0.4, -0.2) is 22.0 Å². The SMILES string of the molecule is CCc1ccc(N2C(=O)/C(=C3/C(=O)N(C(C)=O)c4ccccc43)SC2=S)cc1. The molecular formula is C21H16N2O3S2. The molecule has 0 aromatic heterocycles. The number of anilines is 2. The topological polar surface area (TPSA) is 57.7 Å². The number of rotatable bonds is 2. The van der Waals surface area contributed by atoms with E-state index in [-0.39, 0.29) is 16.4 Å². The molecule has 0 unspecified atom stereocenters. The molecule has 0 radical (unpaired) electrons. The largest absolute Gasteiger partial charge is 0.274 e. The second kappa shape index (κ2) is 7.00. The summed E-state index contributed by atoms with van der Waals surface area (Å²) in [6.45, 7) is 3.39. The Kier molecular flexibility index (Phi) is 4.64. The van der Waals surface area contributed by atoms with Crippen molar-refractivity contribution >= 4 is 63.0 Å². The van der Waals surface area contributed by atoms with Crippen molar-refractivity contribution in [2.24, 2.45) is 0 Å². The van der Waals surface area contributed by atoms with E-state index in [0.717, 1.165) is 28.6 Å². The van der Waals surface area contributed by atoms with Gasteiger partial charge in [0.05, 0.1) is 21.9 Å². The predicted molar refractivity (Wildman–Crippen MR) is 115 cm³/mol. The summed E-state index contributed by atoms with van der Waals surface area (Å²) in [5.74, 6) is -1.23. The first kappa shape index (κ1) is 18.6. The van der Waals surface area contributed by atoms with Gasteiger partial charge in [-0.25, -0.2) is 4.90 Å². The zero-order chi connectivity index (χ0) is 20.0. The van der Waals surface area contributed by atoms with Crippen molar-refractivity contribution in [1.82, 2.24) is 0 Å². The molecule has 0 aliphatic carbocycles. The Labute approximate surface area is 172 Å². The number of benzene rings is 2. The minimum Gasteiger partial charge on any atom is -0.274 e. The number of fused-ring (bicyclic) bond motifs is 1. The van der Waals surface area contributed by atoms with Crippen molar-refractivity contribution in [2.75, 3.05) is 9.80 Å². The Hall–Kier alpha value is -2.77. The van der Waals surface area contributed by atoms with Crippen molar-refractivity contribution in [3.63, 3.8) is 0 Å². The van der Waals surface area contributed by atoms with Crippen molar-refractivity contribution in [1.29, 1.82) is 0 Å². The summed E-state index contributed by atoms with van der Waals surface area (Å²) >= 11 is 6.53.